The highest BCUT2D eigenvalue weighted by Crippen LogP contribution is 2.26. The highest BCUT2D eigenvalue weighted by Gasteiger charge is 2.23. The summed E-state index contributed by atoms with van der Waals surface area (Å²) in [5, 5.41) is 0. The first-order valence-electron chi connectivity index (χ1n) is 7.16. The molecule has 0 spiro atoms. The molecule has 0 aromatic heterocycles. The van der Waals surface area contributed by atoms with Crippen LogP contribution >= 0.6 is 0 Å². The SMILES string of the molecule is CCC1CN(C)CCCN1c1ccc(C=O)cc1C. The van der Waals surface area contributed by atoms with E-state index in [1.807, 2.05) is 12.1 Å². The number of aryl methyl sites for hydroxylation is 1. The van der Waals surface area contributed by atoms with Crippen molar-refractivity contribution in [2.45, 2.75) is 32.7 Å². The summed E-state index contributed by atoms with van der Waals surface area (Å²) < 4.78 is 0. The summed E-state index contributed by atoms with van der Waals surface area (Å²) in [6.07, 6.45) is 3.27. The van der Waals surface area contributed by atoms with Crippen LogP contribution in [0.25, 0.3) is 0 Å². The molecule has 0 bridgehead atoms. The van der Waals surface area contributed by atoms with Crippen LogP contribution in [0.4, 0.5) is 5.69 Å². The van der Waals surface area contributed by atoms with Gasteiger partial charge in [0.2, 0.25) is 0 Å². The maximum Gasteiger partial charge on any atom is 0.150 e. The van der Waals surface area contributed by atoms with Crippen LogP contribution in [0.15, 0.2) is 18.2 Å². The minimum atomic E-state index is 0.563. The number of carbonyl (C=O) groups excluding carboxylic acids is 1. The molecule has 0 aliphatic carbocycles. The zero-order valence-corrected chi connectivity index (χ0v) is 12.2. The number of nitrogens with zero attached hydrogens (tertiary/aromatic N) is 2. The van der Waals surface area contributed by atoms with Gasteiger partial charge in [-0.1, -0.05) is 6.92 Å². The van der Waals surface area contributed by atoms with Gasteiger partial charge in [0.05, 0.1) is 0 Å². The zero-order valence-electron chi connectivity index (χ0n) is 12.2. The molecular formula is C16H24N2O. The molecule has 1 aromatic rings. The van der Waals surface area contributed by atoms with Gasteiger partial charge in [0.1, 0.15) is 6.29 Å². The summed E-state index contributed by atoms with van der Waals surface area (Å²) in [6.45, 7) is 7.74. The first-order valence-corrected chi connectivity index (χ1v) is 7.16. The Labute approximate surface area is 116 Å². The molecule has 1 unspecified atom stereocenters. The van der Waals surface area contributed by atoms with E-state index >= 15 is 0 Å². The number of benzene rings is 1. The molecule has 0 amide bonds. The molecule has 3 nitrogen and oxygen atoms in total. The van der Waals surface area contributed by atoms with Crippen LogP contribution in [0.5, 0.6) is 0 Å². The van der Waals surface area contributed by atoms with E-state index in [0.29, 0.717) is 6.04 Å². The number of rotatable bonds is 3. The lowest BCUT2D eigenvalue weighted by molar-refractivity contribution is 0.112. The third kappa shape index (κ3) is 3.16. The third-order valence-corrected chi connectivity index (χ3v) is 4.04. The third-order valence-electron chi connectivity index (χ3n) is 4.04. The average Bonchev–Trinajstić information content (AvgIpc) is 2.60. The highest BCUT2D eigenvalue weighted by molar-refractivity contribution is 5.77. The van der Waals surface area contributed by atoms with Crippen LogP contribution in [0, 0.1) is 6.92 Å². The van der Waals surface area contributed by atoms with Gasteiger partial charge < -0.3 is 9.80 Å². The quantitative estimate of drug-likeness (QED) is 0.781. The van der Waals surface area contributed by atoms with Crippen LogP contribution in [0.3, 0.4) is 0 Å². The standard InChI is InChI=1S/C16H24N2O/c1-4-15-11-17(3)8-5-9-18(15)16-7-6-14(12-19)10-13(16)2/h6-7,10,12,15H,4-5,8-9,11H2,1-3H3. The Bertz CT molecular complexity index is 444. The summed E-state index contributed by atoms with van der Waals surface area (Å²) in [4.78, 5) is 15.8. The Morgan fingerprint density at radius 3 is 2.79 bits per heavy atom. The number of likely N-dealkylation sites (N-methyl/N-ethyl adjacent to an activating group) is 1. The second-order valence-electron chi connectivity index (χ2n) is 5.54. The summed E-state index contributed by atoms with van der Waals surface area (Å²) in [7, 11) is 2.20. The summed E-state index contributed by atoms with van der Waals surface area (Å²) >= 11 is 0. The summed E-state index contributed by atoms with van der Waals surface area (Å²) in [5.74, 6) is 0. The minimum Gasteiger partial charge on any atom is -0.367 e. The van der Waals surface area contributed by atoms with Crippen molar-refractivity contribution in [1.29, 1.82) is 0 Å². The van der Waals surface area contributed by atoms with Gasteiger partial charge in [0, 0.05) is 30.4 Å². The molecule has 1 fully saturated rings. The molecule has 1 heterocycles. The Hall–Kier alpha value is -1.35. The molecular weight excluding hydrogens is 236 g/mol. The molecule has 0 radical (unpaired) electrons. The van der Waals surface area contributed by atoms with E-state index in [9.17, 15) is 4.79 Å². The molecule has 1 saturated heterocycles. The molecule has 1 aromatic carbocycles. The fourth-order valence-electron chi connectivity index (χ4n) is 2.98. The number of hydrogen-bond donors (Lipinski definition) is 0. The largest absolute Gasteiger partial charge is 0.367 e. The van der Waals surface area contributed by atoms with Crippen molar-refractivity contribution in [2.24, 2.45) is 0 Å². The predicted octanol–water partition coefficient (Wildman–Crippen LogP) is 2.73. The first-order chi connectivity index (χ1) is 9.15. The maximum absolute atomic E-state index is 10.8. The van der Waals surface area contributed by atoms with Gasteiger partial charge in [-0.05, 0) is 57.1 Å². The molecule has 0 N–H and O–H groups in total. The van der Waals surface area contributed by atoms with Crippen molar-refractivity contribution in [3.63, 3.8) is 0 Å². The van der Waals surface area contributed by atoms with E-state index in [1.54, 1.807) is 0 Å². The Morgan fingerprint density at radius 1 is 1.37 bits per heavy atom. The van der Waals surface area contributed by atoms with Gasteiger partial charge in [-0.2, -0.15) is 0 Å². The van der Waals surface area contributed by atoms with E-state index in [0.717, 1.165) is 31.4 Å². The topological polar surface area (TPSA) is 23.6 Å². The van der Waals surface area contributed by atoms with Gasteiger partial charge >= 0.3 is 0 Å². The van der Waals surface area contributed by atoms with Crippen LogP contribution in [-0.4, -0.2) is 43.9 Å². The smallest absolute Gasteiger partial charge is 0.150 e. The molecule has 2 rings (SSSR count). The van der Waals surface area contributed by atoms with Crippen molar-refractivity contribution < 1.29 is 4.79 Å². The van der Waals surface area contributed by atoms with Crippen LogP contribution in [-0.2, 0) is 0 Å². The Balaban J connectivity index is 2.29. The maximum atomic E-state index is 10.8. The second-order valence-corrected chi connectivity index (χ2v) is 5.54. The Kier molecular flexibility index (Phi) is 4.59. The van der Waals surface area contributed by atoms with Gasteiger partial charge in [-0.25, -0.2) is 0 Å². The molecule has 3 heteroatoms. The van der Waals surface area contributed by atoms with Crippen molar-refractivity contribution >= 4 is 12.0 Å². The Morgan fingerprint density at radius 2 is 2.16 bits per heavy atom. The molecule has 104 valence electrons. The fraction of sp³-hybridized carbons (Fsp3) is 0.562. The minimum absolute atomic E-state index is 0.563. The number of aldehydes is 1. The molecule has 1 aliphatic heterocycles. The van der Waals surface area contributed by atoms with E-state index in [2.05, 4.69) is 36.8 Å². The monoisotopic (exact) mass is 260 g/mol. The van der Waals surface area contributed by atoms with E-state index in [-0.39, 0.29) is 0 Å². The molecule has 19 heavy (non-hydrogen) atoms. The average molecular weight is 260 g/mol. The number of hydrogen-bond acceptors (Lipinski definition) is 3. The predicted molar refractivity (Wildman–Crippen MR) is 80.1 cm³/mol. The summed E-state index contributed by atoms with van der Waals surface area (Å²) in [6, 6.07) is 6.58. The highest BCUT2D eigenvalue weighted by atomic mass is 16.1. The first kappa shape index (κ1) is 14.1. The van der Waals surface area contributed by atoms with E-state index in [4.69, 9.17) is 0 Å². The van der Waals surface area contributed by atoms with Crippen LogP contribution in [0.1, 0.15) is 35.7 Å². The van der Waals surface area contributed by atoms with Gasteiger partial charge in [0.15, 0.2) is 0 Å². The lowest BCUT2D eigenvalue weighted by Crippen LogP contribution is -2.40. The molecule has 0 saturated carbocycles. The number of carbonyl (C=O) groups is 1. The fourth-order valence-corrected chi connectivity index (χ4v) is 2.98. The molecule has 1 aliphatic rings. The molecule has 1 atom stereocenters. The van der Waals surface area contributed by atoms with Crippen molar-refractivity contribution in [3.8, 4) is 0 Å². The van der Waals surface area contributed by atoms with E-state index < -0.39 is 0 Å². The second kappa shape index (κ2) is 6.20. The van der Waals surface area contributed by atoms with Crippen molar-refractivity contribution in [2.75, 3.05) is 31.6 Å². The van der Waals surface area contributed by atoms with Gasteiger partial charge in [-0.3, -0.25) is 4.79 Å². The van der Waals surface area contributed by atoms with E-state index in [1.165, 1.54) is 24.2 Å². The number of anilines is 1. The van der Waals surface area contributed by atoms with Crippen molar-refractivity contribution in [3.05, 3.63) is 29.3 Å². The summed E-state index contributed by atoms with van der Waals surface area (Å²) in [5.41, 5.74) is 3.25. The van der Waals surface area contributed by atoms with Gasteiger partial charge in [0.25, 0.3) is 0 Å². The lowest BCUT2D eigenvalue weighted by Gasteiger charge is -2.33. The lowest BCUT2D eigenvalue weighted by atomic mass is 10.1. The van der Waals surface area contributed by atoms with Gasteiger partial charge in [-0.15, -0.1) is 0 Å². The van der Waals surface area contributed by atoms with Crippen molar-refractivity contribution in [1.82, 2.24) is 4.90 Å². The van der Waals surface area contributed by atoms with Crippen LogP contribution in [0.2, 0.25) is 0 Å². The van der Waals surface area contributed by atoms with Crippen LogP contribution < -0.4 is 4.90 Å². The zero-order chi connectivity index (χ0) is 13.8. The normalized spacial score (nSPS) is 21.2.